The second-order valence-electron chi connectivity index (χ2n) is 4.63. The predicted octanol–water partition coefficient (Wildman–Crippen LogP) is 3.18. The van der Waals surface area contributed by atoms with Crippen molar-refractivity contribution in [2.75, 3.05) is 0 Å². The highest BCUT2D eigenvalue weighted by Gasteiger charge is 2.15. The Kier molecular flexibility index (Phi) is 5.09. The molecular weight excluding hydrogens is 204 g/mol. The zero-order valence-electron chi connectivity index (χ0n) is 10.1. The lowest BCUT2D eigenvalue weighted by Gasteiger charge is -2.21. The maximum absolute atomic E-state index is 11.2. The van der Waals surface area contributed by atoms with Crippen LogP contribution in [-0.2, 0) is 9.22 Å². The molecule has 0 N–H and O–H groups in total. The number of rotatable bonds is 4. The zero-order valence-corrected chi connectivity index (χ0v) is 11.3. The molecule has 0 aromatic carbocycles. The normalized spacial score (nSPS) is 16.7. The Morgan fingerprint density at radius 2 is 1.87 bits per heavy atom. The van der Waals surface area contributed by atoms with Gasteiger partial charge in [0.15, 0.2) is 0 Å². The topological polar surface area (TPSA) is 26.3 Å². The van der Waals surface area contributed by atoms with Gasteiger partial charge in [-0.3, -0.25) is 4.79 Å². The zero-order chi connectivity index (χ0) is 11.3. The average molecular weight is 226 g/mol. The van der Waals surface area contributed by atoms with E-state index in [1.165, 1.54) is 24.8 Å². The highest BCUT2D eigenvalue weighted by atomic mass is 28.3. The number of carbonyl (C=O) groups is 1. The van der Waals surface area contributed by atoms with Crippen LogP contribution in [0.1, 0.15) is 45.4 Å². The van der Waals surface area contributed by atoms with Crippen LogP contribution in [0.4, 0.5) is 0 Å². The van der Waals surface area contributed by atoms with Crippen LogP contribution in [0.25, 0.3) is 0 Å². The van der Waals surface area contributed by atoms with Gasteiger partial charge in [0.25, 0.3) is 0 Å². The fourth-order valence-electron chi connectivity index (χ4n) is 2.02. The van der Waals surface area contributed by atoms with E-state index in [-0.39, 0.29) is 5.78 Å². The third-order valence-electron chi connectivity index (χ3n) is 2.64. The first kappa shape index (κ1) is 12.5. The molecule has 0 atom stereocenters. The molecule has 1 rings (SSSR count). The van der Waals surface area contributed by atoms with Gasteiger partial charge in [-0.05, 0) is 51.3 Å². The predicted molar refractivity (Wildman–Crippen MR) is 65.4 cm³/mol. The van der Waals surface area contributed by atoms with Gasteiger partial charge in [0.2, 0.25) is 9.04 Å². The molecule has 0 aromatic heterocycles. The van der Waals surface area contributed by atoms with Crippen LogP contribution in [0.5, 0.6) is 0 Å². The molecular formula is C12H22O2Si. The largest absolute Gasteiger partial charge is 0.550 e. The van der Waals surface area contributed by atoms with Crippen LogP contribution in [0.2, 0.25) is 13.1 Å². The Balaban J connectivity index is 2.71. The van der Waals surface area contributed by atoms with Crippen molar-refractivity contribution in [3.05, 3.63) is 11.3 Å². The Morgan fingerprint density at radius 3 is 2.33 bits per heavy atom. The number of carbonyl (C=O) groups excluding carboxylic acids is 1. The number of ketones is 1. The van der Waals surface area contributed by atoms with Gasteiger partial charge in [-0.15, -0.1) is 0 Å². The van der Waals surface area contributed by atoms with E-state index in [1.54, 1.807) is 6.92 Å². The Bertz CT molecular complexity index is 248. The summed E-state index contributed by atoms with van der Waals surface area (Å²) in [4.78, 5) is 11.2. The summed E-state index contributed by atoms with van der Waals surface area (Å²) in [6, 6.07) is 0. The lowest BCUT2D eigenvalue weighted by molar-refractivity contribution is -0.116. The van der Waals surface area contributed by atoms with Crippen molar-refractivity contribution in [3.8, 4) is 0 Å². The third-order valence-corrected chi connectivity index (χ3v) is 3.39. The Morgan fingerprint density at radius 1 is 1.27 bits per heavy atom. The van der Waals surface area contributed by atoms with Gasteiger partial charge < -0.3 is 4.43 Å². The van der Waals surface area contributed by atoms with Gasteiger partial charge in [-0.2, -0.15) is 0 Å². The monoisotopic (exact) mass is 226 g/mol. The first-order valence-corrected chi connectivity index (χ1v) is 8.74. The van der Waals surface area contributed by atoms with E-state index in [0.29, 0.717) is 6.42 Å². The minimum Gasteiger partial charge on any atom is -0.550 e. The number of Topliss-reactive ketones (excluding diaryl/α,β-unsaturated/α-hetero) is 1. The fourth-order valence-corrected chi connectivity index (χ4v) is 2.84. The summed E-state index contributed by atoms with van der Waals surface area (Å²) < 4.78 is 5.90. The van der Waals surface area contributed by atoms with Gasteiger partial charge in [-0.1, -0.05) is 6.42 Å². The molecule has 0 aliphatic heterocycles. The van der Waals surface area contributed by atoms with E-state index < -0.39 is 9.04 Å². The van der Waals surface area contributed by atoms with Crippen molar-refractivity contribution in [1.82, 2.24) is 0 Å². The smallest absolute Gasteiger partial charge is 0.229 e. The summed E-state index contributed by atoms with van der Waals surface area (Å²) in [5.41, 5.74) is 1.41. The van der Waals surface area contributed by atoms with Crippen molar-refractivity contribution in [3.63, 3.8) is 0 Å². The van der Waals surface area contributed by atoms with Crippen LogP contribution < -0.4 is 0 Å². The maximum atomic E-state index is 11.2. The first-order valence-electron chi connectivity index (χ1n) is 5.96. The molecule has 1 aliphatic rings. The van der Waals surface area contributed by atoms with E-state index in [4.69, 9.17) is 4.43 Å². The van der Waals surface area contributed by atoms with Gasteiger partial charge in [-0.25, -0.2) is 0 Å². The molecule has 1 aliphatic carbocycles. The van der Waals surface area contributed by atoms with Crippen LogP contribution in [-0.4, -0.2) is 14.8 Å². The lowest BCUT2D eigenvalue weighted by Crippen LogP contribution is -2.13. The third kappa shape index (κ3) is 4.65. The molecule has 0 amide bonds. The van der Waals surface area contributed by atoms with Gasteiger partial charge >= 0.3 is 0 Å². The number of allylic oxidation sites excluding steroid dienone is 2. The molecule has 0 saturated heterocycles. The van der Waals surface area contributed by atoms with Crippen LogP contribution in [0.3, 0.4) is 0 Å². The molecule has 15 heavy (non-hydrogen) atoms. The van der Waals surface area contributed by atoms with Crippen LogP contribution >= 0.6 is 0 Å². The standard InChI is InChI=1S/C12H22O2Si/c1-10(13)9-12(14-15(2)3)11-7-5-4-6-8-11/h15H,4-9H2,1-3H3. The summed E-state index contributed by atoms with van der Waals surface area (Å²) in [6.07, 6.45) is 6.66. The second kappa shape index (κ2) is 6.11. The second-order valence-corrected chi connectivity index (χ2v) is 6.97. The van der Waals surface area contributed by atoms with E-state index >= 15 is 0 Å². The van der Waals surface area contributed by atoms with Gasteiger partial charge in [0.05, 0.1) is 12.2 Å². The summed E-state index contributed by atoms with van der Waals surface area (Å²) in [7, 11) is -1.07. The minimum atomic E-state index is -1.07. The number of hydrogen-bond donors (Lipinski definition) is 0. The minimum absolute atomic E-state index is 0.220. The molecule has 3 heteroatoms. The molecule has 86 valence electrons. The molecule has 0 spiro atoms. The van der Waals surface area contributed by atoms with Crippen molar-refractivity contribution < 1.29 is 9.22 Å². The fraction of sp³-hybridized carbons (Fsp3) is 0.750. The molecule has 0 aromatic rings. The molecule has 1 saturated carbocycles. The van der Waals surface area contributed by atoms with Crippen LogP contribution in [0.15, 0.2) is 11.3 Å². The quantitative estimate of drug-likeness (QED) is 0.543. The molecule has 1 fully saturated rings. The molecule has 0 radical (unpaired) electrons. The summed E-state index contributed by atoms with van der Waals surface area (Å²) >= 11 is 0. The van der Waals surface area contributed by atoms with E-state index in [1.807, 2.05) is 0 Å². The first-order chi connectivity index (χ1) is 7.09. The summed E-state index contributed by atoms with van der Waals surface area (Å²) in [5.74, 6) is 1.24. The number of hydrogen-bond acceptors (Lipinski definition) is 2. The summed E-state index contributed by atoms with van der Waals surface area (Å²) in [6.45, 7) is 5.96. The van der Waals surface area contributed by atoms with Crippen LogP contribution in [0, 0.1) is 0 Å². The molecule has 0 unspecified atom stereocenters. The summed E-state index contributed by atoms with van der Waals surface area (Å²) in [5, 5.41) is 0. The highest BCUT2D eigenvalue weighted by molar-refractivity contribution is 6.48. The lowest BCUT2D eigenvalue weighted by atomic mass is 9.93. The van der Waals surface area contributed by atoms with Gasteiger partial charge in [0.1, 0.15) is 5.78 Å². The molecule has 2 nitrogen and oxygen atoms in total. The average Bonchev–Trinajstić information content (AvgIpc) is 2.17. The van der Waals surface area contributed by atoms with E-state index in [0.717, 1.165) is 18.6 Å². The van der Waals surface area contributed by atoms with Crippen molar-refractivity contribution in [2.24, 2.45) is 0 Å². The SMILES string of the molecule is CC(=O)CC(O[SiH](C)C)=C1CCCCC1. The van der Waals surface area contributed by atoms with E-state index in [2.05, 4.69) is 13.1 Å². The molecule has 0 bridgehead atoms. The maximum Gasteiger partial charge on any atom is 0.229 e. The van der Waals surface area contributed by atoms with Crippen molar-refractivity contribution >= 4 is 14.8 Å². The highest BCUT2D eigenvalue weighted by Crippen LogP contribution is 2.28. The van der Waals surface area contributed by atoms with Crippen molar-refractivity contribution in [2.45, 2.75) is 58.5 Å². The Labute approximate surface area is 94.4 Å². The van der Waals surface area contributed by atoms with E-state index in [9.17, 15) is 4.79 Å². The van der Waals surface area contributed by atoms with Crippen molar-refractivity contribution in [1.29, 1.82) is 0 Å². The molecule has 0 heterocycles. The van der Waals surface area contributed by atoms with Gasteiger partial charge in [0, 0.05) is 0 Å². The Hall–Kier alpha value is -0.573.